The van der Waals surface area contributed by atoms with Gasteiger partial charge < -0.3 is 15.0 Å². The second-order valence-corrected chi connectivity index (χ2v) is 10.7. The molecule has 12 heteroatoms. The van der Waals surface area contributed by atoms with Gasteiger partial charge in [-0.2, -0.15) is 0 Å². The Kier molecular flexibility index (Phi) is 9.21. The van der Waals surface area contributed by atoms with Gasteiger partial charge in [-0.15, -0.1) is 11.3 Å². The number of nitrogens with zero attached hydrogens (tertiary/aromatic N) is 2. The van der Waals surface area contributed by atoms with Gasteiger partial charge in [-0.25, -0.2) is 0 Å². The summed E-state index contributed by atoms with van der Waals surface area (Å²) in [5.41, 5.74) is 1.11. The Bertz CT molecular complexity index is 1430. The molecule has 1 aliphatic rings. The number of carbonyl (C=O) groups excluding carboxylic acids is 3. The molecule has 4 rings (SSSR count). The number of nitro groups is 1. The molecule has 0 spiro atoms. The fraction of sp³-hybridized carbons (Fsp3) is 0.296. The number of nitro benzene ring substituents is 1. The van der Waals surface area contributed by atoms with Crippen molar-refractivity contribution in [2.24, 2.45) is 5.92 Å². The first-order chi connectivity index (χ1) is 18.7. The molecule has 0 saturated carbocycles. The third-order valence-electron chi connectivity index (χ3n) is 6.66. The van der Waals surface area contributed by atoms with Gasteiger partial charge in [0, 0.05) is 37.2 Å². The number of benzene rings is 2. The average Bonchev–Trinajstić information content (AvgIpc) is 3.42. The fourth-order valence-corrected chi connectivity index (χ4v) is 5.88. The number of amides is 2. The molecular formula is C27H25Cl2N3O6S. The van der Waals surface area contributed by atoms with Gasteiger partial charge in [-0.05, 0) is 52.9 Å². The molecule has 39 heavy (non-hydrogen) atoms. The first-order valence-corrected chi connectivity index (χ1v) is 13.7. The molecule has 3 aromatic rings. The van der Waals surface area contributed by atoms with E-state index >= 15 is 0 Å². The minimum absolute atomic E-state index is 0.0923. The fourth-order valence-electron chi connectivity index (χ4n) is 4.44. The second kappa shape index (κ2) is 12.6. The minimum Gasteiger partial charge on any atom is -0.469 e. The number of esters is 1. The lowest BCUT2D eigenvalue weighted by Crippen LogP contribution is -2.43. The number of piperidine rings is 1. The molecule has 1 saturated heterocycles. The molecule has 2 aromatic carbocycles. The highest BCUT2D eigenvalue weighted by molar-refractivity contribution is 7.18. The van der Waals surface area contributed by atoms with Crippen molar-refractivity contribution in [3.63, 3.8) is 0 Å². The van der Waals surface area contributed by atoms with Gasteiger partial charge in [-0.1, -0.05) is 35.3 Å². The molecule has 2 amide bonds. The number of fused-ring (bicyclic) bond motifs is 1. The lowest BCUT2D eigenvalue weighted by molar-refractivity contribution is -0.384. The Morgan fingerprint density at radius 1 is 1.18 bits per heavy atom. The van der Waals surface area contributed by atoms with Gasteiger partial charge in [0.25, 0.3) is 5.69 Å². The number of halogens is 2. The Morgan fingerprint density at radius 3 is 2.51 bits per heavy atom. The molecule has 2 heterocycles. The Balaban J connectivity index is 1.36. The van der Waals surface area contributed by atoms with Crippen molar-refractivity contribution in [2.45, 2.75) is 25.3 Å². The molecule has 0 bridgehead atoms. The van der Waals surface area contributed by atoms with Crippen LogP contribution in [0.3, 0.4) is 0 Å². The Labute approximate surface area is 238 Å². The second-order valence-electron chi connectivity index (χ2n) is 9.06. The average molecular weight is 590 g/mol. The predicted octanol–water partition coefficient (Wildman–Crippen LogP) is 5.79. The summed E-state index contributed by atoms with van der Waals surface area (Å²) in [7, 11) is 1.25. The first kappa shape index (κ1) is 28.5. The molecule has 1 aromatic heterocycles. The summed E-state index contributed by atoms with van der Waals surface area (Å²) in [6.07, 6.45) is 3.88. The van der Waals surface area contributed by atoms with Crippen molar-refractivity contribution in [2.75, 3.05) is 20.2 Å². The summed E-state index contributed by atoms with van der Waals surface area (Å²) in [5.74, 6) is -1.33. The van der Waals surface area contributed by atoms with Crippen molar-refractivity contribution in [3.8, 4) is 0 Å². The van der Waals surface area contributed by atoms with Crippen LogP contribution in [-0.4, -0.2) is 47.8 Å². The van der Waals surface area contributed by atoms with E-state index in [4.69, 9.17) is 27.9 Å². The van der Waals surface area contributed by atoms with E-state index in [0.29, 0.717) is 47.1 Å². The van der Waals surface area contributed by atoms with Crippen LogP contribution >= 0.6 is 34.5 Å². The van der Waals surface area contributed by atoms with Gasteiger partial charge in [0.05, 0.1) is 39.2 Å². The number of carbonyl (C=O) groups is 3. The normalized spacial score (nSPS) is 14.9. The van der Waals surface area contributed by atoms with Crippen molar-refractivity contribution in [1.82, 2.24) is 10.2 Å². The number of ether oxygens (including phenoxy) is 1. The molecule has 1 aliphatic heterocycles. The van der Waals surface area contributed by atoms with Crippen LogP contribution in [0.2, 0.25) is 10.0 Å². The van der Waals surface area contributed by atoms with E-state index in [1.807, 2.05) is 17.5 Å². The van der Waals surface area contributed by atoms with Crippen LogP contribution < -0.4 is 5.32 Å². The highest BCUT2D eigenvalue weighted by Crippen LogP contribution is 2.37. The van der Waals surface area contributed by atoms with Gasteiger partial charge in [0.1, 0.15) is 0 Å². The zero-order chi connectivity index (χ0) is 28.1. The number of nitrogens with one attached hydrogen (secondary N) is 1. The molecular weight excluding hydrogens is 565 g/mol. The van der Waals surface area contributed by atoms with E-state index in [2.05, 4.69) is 5.32 Å². The molecule has 1 fully saturated rings. The largest absolute Gasteiger partial charge is 0.469 e. The SMILES string of the molecule is COC(=O)CC(NC(=O)C1CCN(C(=O)/C=C/c2cc3ccsc3c(Cl)c2Cl)CC1)c1ccc([N+](=O)[O-])cc1. The number of hydrogen-bond acceptors (Lipinski definition) is 7. The minimum atomic E-state index is -0.703. The summed E-state index contributed by atoms with van der Waals surface area (Å²) < 4.78 is 5.65. The maximum Gasteiger partial charge on any atom is 0.307 e. The van der Waals surface area contributed by atoms with Crippen LogP contribution in [0.15, 0.2) is 47.9 Å². The van der Waals surface area contributed by atoms with E-state index < -0.39 is 16.9 Å². The number of thiophene rings is 1. The van der Waals surface area contributed by atoms with Crippen molar-refractivity contribution in [3.05, 3.63) is 79.1 Å². The molecule has 1 unspecified atom stereocenters. The molecule has 1 N–H and O–H groups in total. The number of non-ortho nitro benzene ring substituents is 1. The lowest BCUT2D eigenvalue weighted by atomic mass is 9.94. The number of likely N-dealkylation sites (tertiary alicyclic amines) is 1. The summed E-state index contributed by atoms with van der Waals surface area (Å²) in [4.78, 5) is 49.9. The van der Waals surface area contributed by atoms with Gasteiger partial charge >= 0.3 is 5.97 Å². The number of methoxy groups -OCH3 is 1. The van der Waals surface area contributed by atoms with Gasteiger partial charge in [0.2, 0.25) is 11.8 Å². The van der Waals surface area contributed by atoms with Crippen molar-refractivity contribution < 1.29 is 24.0 Å². The maximum absolute atomic E-state index is 13.1. The Hall–Kier alpha value is -3.47. The molecule has 9 nitrogen and oxygen atoms in total. The quantitative estimate of drug-likeness (QED) is 0.154. The molecule has 1 atom stereocenters. The monoisotopic (exact) mass is 589 g/mol. The molecule has 204 valence electrons. The maximum atomic E-state index is 13.1. The predicted molar refractivity (Wildman–Crippen MR) is 151 cm³/mol. The van der Waals surface area contributed by atoms with Crippen LogP contribution in [0.1, 0.15) is 36.4 Å². The van der Waals surface area contributed by atoms with Gasteiger partial charge in [0.15, 0.2) is 0 Å². The van der Waals surface area contributed by atoms with Crippen LogP contribution in [-0.2, 0) is 19.1 Å². The third kappa shape index (κ3) is 6.76. The number of rotatable bonds is 8. The Morgan fingerprint density at radius 2 is 1.87 bits per heavy atom. The standard InChI is InChI=1S/C27H25Cl2N3O6S/c1-38-23(34)15-21(16-2-5-20(6-3-16)32(36)37)30-27(35)17-8-11-31(12-9-17)22(33)7-4-18-14-19-10-13-39-26(19)25(29)24(18)28/h2-7,10,13-14,17,21H,8-9,11-12,15H2,1H3,(H,30,35)/b7-4+. The topological polar surface area (TPSA) is 119 Å². The summed E-state index contributed by atoms with van der Waals surface area (Å²) in [6.45, 7) is 0.775. The van der Waals surface area contributed by atoms with E-state index in [1.165, 1.54) is 48.8 Å². The van der Waals surface area contributed by atoms with Crippen LogP contribution in [0.5, 0.6) is 0 Å². The van der Waals surface area contributed by atoms with E-state index in [-0.39, 0.29) is 29.8 Å². The highest BCUT2D eigenvalue weighted by atomic mass is 35.5. The van der Waals surface area contributed by atoms with E-state index in [9.17, 15) is 24.5 Å². The third-order valence-corrected chi connectivity index (χ3v) is 8.60. The zero-order valence-electron chi connectivity index (χ0n) is 20.9. The molecule has 0 aliphatic carbocycles. The van der Waals surface area contributed by atoms with Gasteiger partial charge in [-0.3, -0.25) is 24.5 Å². The number of hydrogen-bond donors (Lipinski definition) is 1. The summed E-state index contributed by atoms with van der Waals surface area (Å²) in [5, 5.41) is 17.6. The van der Waals surface area contributed by atoms with Crippen LogP contribution in [0.4, 0.5) is 5.69 Å². The van der Waals surface area contributed by atoms with E-state index in [0.717, 1.165) is 10.1 Å². The van der Waals surface area contributed by atoms with Crippen molar-refractivity contribution >= 4 is 74.2 Å². The van der Waals surface area contributed by atoms with Crippen LogP contribution in [0.25, 0.3) is 16.2 Å². The lowest BCUT2D eigenvalue weighted by Gasteiger charge is -2.31. The van der Waals surface area contributed by atoms with Crippen molar-refractivity contribution in [1.29, 1.82) is 0 Å². The summed E-state index contributed by atoms with van der Waals surface area (Å²) in [6, 6.07) is 8.78. The zero-order valence-corrected chi connectivity index (χ0v) is 23.2. The summed E-state index contributed by atoms with van der Waals surface area (Å²) >= 11 is 14.3. The van der Waals surface area contributed by atoms with E-state index in [1.54, 1.807) is 11.0 Å². The molecule has 0 radical (unpaired) electrons. The first-order valence-electron chi connectivity index (χ1n) is 12.1. The van der Waals surface area contributed by atoms with Crippen LogP contribution in [0, 0.1) is 16.0 Å². The smallest absolute Gasteiger partial charge is 0.307 e. The highest BCUT2D eigenvalue weighted by Gasteiger charge is 2.29.